The lowest BCUT2D eigenvalue weighted by Gasteiger charge is -2.06. The Kier molecular flexibility index (Phi) is 5.48. The Hall–Kier alpha value is -1.92. The third kappa shape index (κ3) is 4.13. The first-order valence-corrected chi connectivity index (χ1v) is 9.14. The Morgan fingerprint density at radius 3 is 2.79 bits per heavy atom. The van der Waals surface area contributed by atoms with E-state index >= 15 is 0 Å². The van der Waals surface area contributed by atoms with Crippen LogP contribution in [-0.2, 0) is 17.6 Å². The highest BCUT2D eigenvalue weighted by Crippen LogP contribution is 2.29. The molecule has 1 aliphatic rings. The van der Waals surface area contributed by atoms with E-state index in [1.807, 2.05) is 0 Å². The maximum Gasteiger partial charge on any atom is 0.252 e. The molecule has 0 spiro atoms. The summed E-state index contributed by atoms with van der Waals surface area (Å²) in [4.78, 5) is 29.7. The van der Waals surface area contributed by atoms with Crippen molar-refractivity contribution >= 4 is 39.9 Å². The molecule has 2 amide bonds. The van der Waals surface area contributed by atoms with E-state index in [1.54, 1.807) is 35.6 Å². The molecule has 3 rings (SSSR count). The number of nitrogens with one attached hydrogen (secondary N) is 2. The molecule has 126 valence electrons. The van der Waals surface area contributed by atoms with Gasteiger partial charge in [-0.2, -0.15) is 0 Å². The standard InChI is InChI=1S/C17H18ClN3O2S/c18-12-6-2-1-5-11(12)16(23)19-10-9-15(22)21-17-20-13-7-3-4-8-14(13)24-17/h1-2,5-6H,3-4,7-10H2,(H,19,23)(H,20,21,22). The number of aryl methyl sites for hydroxylation is 2. The lowest BCUT2D eigenvalue weighted by atomic mass is 10.0. The Bertz CT molecular complexity index is 737. The van der Waals surface area contributed by atoms with Crippen molar-refractivity contribution < 1.29 is 9.59 Å². The predicted molar refractivity (Wildman–Crippen MR) is 95.8 cm³/mol. The monoisotopic (exact) mass is 363 g/mol. The molecule has 2 N–H and O–H groups in total. The zero-order valence-electron chi connectivity index (χ0n) is 13.1. The fourth-order valence-corrected chi connectivity index (χ4v) is 3.90. The number of anilines is 1. The van der Waals surface area contributed by atoms with E-state index in [0.717, 1.165) is 25.0 Å². The summed E-state index contributed by atoms with van der Waals surface area (Å²) in [5.41, 5.74) is 1.53. The molecular formula is C17H18ClN3O2S. The summed E-state index contributed by atoms with van der Waals surface area (Å²) >= 11 is 7.52. The average Bonchev–Trinajstić information content (AvgIpc) is 2.97. The summed E-state index contributed by atoms with van der Waals surface area (Å²) in [6.07, 6.45) is 4.60. The van der Waals surface area contributed by atoms with Gasteiger partial charge in [0.2, 0.25) is 5.91 Å². The molecule has 0 aliphatic heterocycles. The Balaban J connectivity index is 1.47. The maximum atomic E-state index is 12.0. The number of thiazole rings is 1. The van der Waals surface area contributed by atoms with Crippen LogP contribution in [0.1, 0.15) is 40.2 Å². The number of benzene rings is 1. The van der Waals surface area contributed by atoms with Crippen LogP contribution in [0.25, 0.3) is 0 Å². The number of halogens is 1. The van der Waals surface area contributed by atoms with Gasteiger partial charge in [-0.25, -0.2) is 4.98 Å². The van der Waals surface area contributed by atoms with E-state index in [4.69, 9.17) is 11.6 Å². The number of hydrogen-bond donors (Lipinski definition) is 2. The van der Waals surface area contributed by atoms with Gasteiger partial charge < -0.3 is 10.6 Å². The van der Waals surface area contributed by atoms with Crippen molar-refractivity contribution in [2.75, 3.05) is 11.9 Å². The lowest BCUT2D eigenvalue weighted by molar-refractivity contribution is -0.116. The first-order chi connectivity index (χ1) is 11.6. The molecule has 5 nitrogen and oxygen atoms in total. The number of nitrogens with zero attached hydrogens (tertiary/aromatic N) is 1. The molecule has 0 atom stereocenters. The molecule has 1 aromatic heterocycles. The largest absolute Gasteiger partial charge is 0.351 e. The Labute approximate surface area is 149 Å². The summed E-state index contributed by atoms with van der Waals surface area (Å²) in [5, 5.41) is 6.57. The van der Waals surface area contributed by atoms with E-state index < -0.39 is 0 Å². The highest BCUT2D eigenvalue weighted by atomic mass is 35.5. The summed E-state index contributed by atoms with van der Waals surface area (Å²) in [5.74, 6) is -0.432. The van der Waals surface area contributed by atoms with Gasteiger partial charge in [-0.15, -0.1) is 11.3 Å². The number of hydrogen-bond acceptors (Lipinski definition) is 4. The average molecular weight is 364 g/mol. The maximum absolute atomic E-state index is 12.0. The van der Waals surface area contributed by atoms with Gasteiger partial charge >= 0.3 is 0 Å². The number of aromatic nitrogens is 1. The second-order valence-electron chi connectivity index (χ2n) is 5.63. The Morgan fingerprint density at radius 1 is 1.21 bits per heavy atom. The number of amides is 2. The molecule has 0 fully saturated rings. The summed E-state index contributed by atoms with van der Waals surface area (Å²) in [6, 6.07) is 6.82. The fourth-order valence-electron chi connectivity index (χ4n) is 2.62. The van der Waals surface area contributed by atoms with Crippen molar-refractivity contribution in [3.63, 3.8) is 0 Å². The van der Waals surface area contributed by atoms with Gasteiger partial charge in [0.25, 0.3) is 5.91 Å². The van der Waals surface area contributed by atoms with Crippen LogP contribution in [0.2, 0.25) is 5.02 Å². The molecule has 0 saturated carbocycles. The van der Waals surface area contributed by atoms with Crippen LogP contribution in [0.3, 0.4) is 0 Å². The van der Waals surface area contributed by atoms with Crippen LogP contribution in [0, 0.1) is 0 Å². The zero-order valence-corrected chi connectivity index (χ0v) is 14.7. The first kappa shape index (κ1) is 16.9. The number of rotatable bonds is 5. The second kappa shape index (κ2) is 7.77. The van der Waals surface area contributed by atoms with Crippen LogP contribution < -0.4 is 10.6 Å². The molecular weight excluding hydrogens is 346 g/mol. The quantitative estimate of drug-likeness (QED) is 0.854. The van der Waals surface area contributed by atoms with Gasteiger partial charge in [-0.3, -0.25) is 9.59 Å². The summed E-state index contributed by atoms with van der Waals surface area (Å²) < 4.78 is 0. The van der Waals surface area contributed by atoms with E-state index in [2.05, 4.69) is 15.6 Å². The molecule has 0 unspecified atom stereocenters. The van der Waals surface area contributed by atoms with Crippen molar-refractivity contribution in [2.45, 2.75) is 32.1 Å². The molecule has 0 saturated heterocycles. The topological polar surface area (TPSA) is 71.1 Å². The molecule has 0 bridgehead atoms. The molecule has 1 aromatic carbocycles. The van der Waals surface area contributed by atoms with Crippen LogP contribution >= 0.6 is 22.9 Å². The predicted octanol–water partition coefficient (Wildman–Crippen LogP) is 3.43. The van der Waals surface area contributed by atoms with Crippen molar-refractivity contribution in [1.82, 2.24) is 10.3 Å². The molecule has 2 aromatic rings. The van der Waals surface area contributed by atoms with Gasteiger partial charge in [-0.05, 0) is 37.8 Å². The molecule has 1 heterocycles. The summed E-state index contributed by atoms with van der Waals surface area (Å²) in [6.45, 7) is 0.251. The van der Waals surface area contributed by atoms with Crippen molar-refractivity contribution in [1.29, 1.82) is 0 Å². The first-order valence-electron chi connectivity index (χ1n) is 7.94. The van der Waals surface area contributed by atoms with E-state index in [1.165, 1.54) is 11.3 Å². The minimum atomic E-state index is -0.280. The van der Waals surface area contributed by atoms with Crippen molar-refractivity contribution in [2.24, 2.45) is 0 Å². The third-order valence-corrected chi connectivity index (χ3v) is 5.25. The SMILES string of the molecule is O=C(CCNC(=O)c1ccccc1Cl)Nc1nc2c(s1)CCCC2. The minimum absolute atomic E-state index is 0.152. The van der Waals surface area contributed by atoms with Gasteiger partial charge in [0.15, 0.2) is 5.13 Å². The zero-order chi connectivity index (χ0) is 16.9. The van der Waals surface area contributed by atoms with Crippen molar-refractivity contribution in [3.05, 3.63) is 45.4 Å². The highest BCUT2D eigenvalue weighted by Gasteiger charge is 2.16. The van der Waals surface area contributed by atoms with Gasteiger partial charge in [0.1, 0.15) is 0 Å². The van der Waals surface area contributed by atoms with Crippen LogP contribution in [0.5, 0.6) is 0 Å². The normalized spacial score (nSPS) is 13.2. The number of fused-ring (bicyclic) bond motifs is 1. The summed E-state index contributed by atoms with van der Waals surface area (Å²) in [7, 11) is 0. The Morgan fingerprint density at radius 2 is 2.00 bits per heavy atom. The van der Waals surface area contributed by atoms with E-state index in [-0.39, 0.29) is 24.8 Å². The van der Waals surface area contributed by atoms with Gasteiger partial charge in [0.05, 0.1) is 16.3 Å². The van der Waals surface area contributed by atoms with Crippen LogP contribution in [0.4, 0.5) is 5.13 Å². The van der Waals surface area contributed by atoms with Crippen LogP contribution in [-0.4, -0.2) is 23.3 Å². The second-order valence-corrected chi connectivity index (χ2v) is 7.12. The van der Waals surface area contributed by atoms with Crippen LogP contribution in [0.15, 0.2) is 24.3 Å². The number of carbonyl (C=O) groups excluding carboxylic acids is 2. The fraction of sp³-hybridized carbons (Fsp3) is 0.353. The number of carbonyl (C=O) groups is 2. The van der Waals surface area contributed by atoms with Gasteiger partial charge in [-0.1, -0.05) is 23.7 Å². The minimum Gasteiger partial charge on any atom is -0.351 e. The molecule has 1 aliphatic carbocycles. The molecule has 7 heteroatoms. The lowest BCUT2D eigenvalue weighted by Crippen LogP contribution is -2.27. The smallest absolute Gasteiger partial charge is 0.252 e. The van der Waals surface area contributed by atoms with E-state index in [0.29, 0.717) is 15.7 Å². The molecule has 24 heavy (non-hydrogen) atoms. The van der Waals surface area contributed by atoms with Crippen molar-refractivity contribution in [3.8, 4) is 0 Å². The molecule has 0 radical (unpaired) electrons. The third-order valence-electron chi connectivity index (χ3n) is 3.85. The van der Waals surface area contributed by atoms with E-state index in [9.17, 15) is 9.59 Å². The highest BCUT2D eigenvalue weighted by molar-refractivity contribution is 7.15. The van der Waals surface area contributed by atoms with Gasteiger partial charge in [0, 0.05) is 17.8 Å².